The predicted octanol–water partition coefficient (Wildman–Crippen LogP) is 6.15. The molecule has 0 spiro atoms. The summed E-state index contributed by atoms with van der Waals surface area (Å²) in [5.41, 5.74) is 3.04. The van der Waals surface area contributed by atoms with Crippen LogP contribution in [0.5, 0.6) is 0 Å². The van der Waals surface area contributed by atoms with Crippen molar-refractivity contribution in [2.45, 2.75) is 0 Å². The summed E-state index contributed by atoms with van der Waals surface area (Å²) in [6.07, 6.45) is 0. The molecule has 1 amide bonds. The lowest BCUT2D eigenvalue weighted by Crippen LogP contribution is -2.12. The normalized spacial score (nSPS) is 10.2. The first kappa shape index (κ1) is 17.9. The maximum Gasteiger partial charge on any atom is 0.255 e. The first-order chi connectivity index (χ1) is 13.7. The van der Waals surface area contributed by atoms with Crippen LogP contribution in [0.3, 0.4) is 0 Å². The zero-order chi connectivity index (χ0) is 19.3. The third-order valence-electron chi connectivity index (χ3n) is 4.36. The Hall–Kier alpha value is -3.54. The molecule has 0 saturated carbocycles. The molecule has 0 atom stereocenters. The summed E-state index contributed by atoms with van der Waals surface area (Å²) in [6.45, 7) is 0. The van der Waals surface area contributed by atoms with Crippen LogP contribution in [-0.4, -0.2) is 5.91 Å². The lowest BCUT2D eigenvalue weighted by molar-refractivity contribution is 0.102. The fourth-order valence-corrected chi connectivity index (χ4v) is 3.23. The summed E-state index contributed by atoms with van der Waals surface area (Å²) in [5.74, 6) is 6.24. The Morgan fingerprint density at radius 2 is 1.54 bits per heavy atom. The number of hydrogen-bond acceptors (Lipinski definition) is 1. The highest BCUT2D eigenvalue weighted by Gasteiger charge is 2.10. The molecule has 4 aromatic carbocycles. The van der Waals surface area contributed by atoms with E-state index in [4.69, 9.17) is 11.6 Å². The third-order valence-corrected chi connectivity index (χ3v) is 4.59. The van der Waals surface area contributed by atoms with E-state index < -0.39 is 0 Å². The number of carbonyl (C=O) groups is 1. The van der Waals surface area contributed by atoms with E-state index in [0.29, 0.717) is 10.6 Å². The molecule has 0 heterocycles. The van der Waals surface area contributed by atoms with E-state index >= 15 is 0 Å². The number of amides is 1. The molecule has 0 aliphatic carbocycles. The summed E-state index contributed by atoms with van der Waals surface area (Å²) in [5, 5.41) is 5.61. The summed E-state index contributed by atoms with van der Waals surface area (Å²) >= 11 is 6.05. The minimum absolute atomic E-state index is 0.147. The maximum absolute atomic E-state index is 12.6. The minimum atomic E-state index is -0.147. The van der Waals surface area contributed by atoms with Gasteiger partial charge in [0.1, 0.15) is 0 Å². The average Bonchev–Trinajstić information content (AvgIpc) is 2.73. The van der Waals surface area contributed by atoms with Gasteiger partial charge in [-0.3, -0.25) is 4.79 Å². The van der Waals surface area contributed by atoms with Gasteiger partial charge in [0.25, 0.3) is 5.91 Å². The minimum Gasteiger partial charge on any atom is -0.321 e. The van der Waals surface area contributed by atoms with E-state index in [9.17, 15) is 4.79 Å². The Kier molecular flexibility index (Phi) is 5.10. The monoisotopic (exact) mass is 381 g/mol. The molecule has 4 aromatic rings. The maximum atomic E-state index is 12.6. The Labute approximate surface area is 168 Å². The standard InChI is InChI=1S/C25H16ClNO/c26-22-13-4-7-18(17-22)15-16-20-11-5-10-19-12-6-14-23(24(19)20)27-25(28)21-8-2-1-3-9-21/h1-14,17H,(H,27,28). The van der Waals surface area contributed by atoms with Gasteiger partial charge in [-0.05, 0) is 47.9 Å². The zero-order valence-corrected chi connectivity index (χ0v) is 15.7. The van der Waals surface area contributed by atoms with E-state index in [2.05, 4.69) is 17.2 Å². The van der Waals surface area contributed by atoms with E-state index in [1.54, 1.807) is 12.1 Å². The molecular weight excluding hydrogens is 366 g/mol. The van der Waals surface area contributed by atoms with Gasteiger partial charge >= 0.3 is 0 Å². The number of rotatable bonds is 2. The van der Waals surface area contributed by atoms with Gasteiger partial charge in [-0.2, -0.15) is 0 Å². The van der Waals surface area contributed by atoms with Crippen molar-refractivity contribution in [2.75, 3.05) is 5.32 Å². The first-order valence-corrected chi connectivity index (χ1v) is 9.24. The van der Waals surface area contributed by atoms with Gasteiger partial charge in [-0.1, -0.05) is 72.0 Å². The third kappa shape index (κ3) is 3.91. The van der Waals surface area contributed by atoms with Crippen molar-refractivity contribution in [1.82, 2.24) is 0 Å². The molecule has 2 nitrogen and oxygen atoms in total. The number of halogens is 1. The second-order valence-corrected chi connectivity index (χ2v) is 6.73. The highest BCUT2D eigenvalue weighted by molar-refractivity contribution is 6.30. The van der Waals surface area contributed by atoms with Crippen LogP contribution < -0.4 is 5.32 Å². The molecule has 0 aromatic heterocycles. The van der Waals surface area contributed by atoms with Crippen molar-refractivity contribution in [3.05, 3.63) is 113 Å². The van der Waals surface area contributed by atoms with Crippen LogP contribution in [-0.2, 0) is 0 Å². The highest BCUT2D eigenvalue weighted by Crippen LogP contribution is 2.27. The van der Waals surface area contributed by atoms with Crippen molar-refractivity contribution in [3.63, 3.8) is 0 Å². The van der Waals surface area contributed by atoms with Crippen LogP contribution in [0.2, 0.25) is 5.02 Å². The van der Waals surface area contributed by atoms with Gasteiger partial charge in [0.05, 0.1) is 5.69 Å². The Morgan fingerprint density at radius 1 is 0.786 bits per heavy atom. The van der Waals surface area contributed by atoms with Crippen LogP contribution in [0.15, 0.2) is 91.0 Å². The number of anilines is 1. The van der Waals surface area contributed by atoms with E-state index in [0.717, 1.165) is 27.6 Å². The predicted molar refractivity (Wildman–Crippen MR) is 116 cm³/mol. The fourth-order valence-electron chi connectivity index (χ4n) is 3.04. The van der Waals surface area contributed by atoms with Gasteiger partial charge in [0, 0.05) is 27.1 Å². The van der Waals surface area contributed by atoms with Crippen LogP contribution in [0.1, 0.15) is 21.5 Å². The van der Waals surface area contributed by atoms with Gasteiger partial charge < -0.3 is 5.32 Å². The van der Waals surface area contributed by atoms with Gasteiger partial charge in [0.2, 0.25) is 0 Å². The van der Waals surface area contributed by atoms with E-state index in [1.165, 1.54) is 0 Å². The summed E-state index contributed by atoms with van der Waals surface area (Å²) in [6, 6.07) is 28.4. The second kappa shape index (κ2) is 8.00. The van der Waals surface area contributed by atoms with Crippen molar-refractivity contribution >= 4 is 34.0 Å². The zero-order valence-electron chi connectivity index (χ0n) is 14.9. The Balaban J connectivity index is 1.76. The number of nitrogens with one attached hydrogen (secondary N) is 1. The number of carbonyl (C=O) groups excluding carboxylic acids is 1. The number of hydrogen-bond donors (Lipinski definition) is 1. The number of benzene rings is 4. The van der Waals surface area contributed by atoms with Crippen molar-refractivity contribution < 1.29 is 4.79 Å². The lowest BCUT2D eigenvalue weighted by Gasteiger charge is -2.10. The fraction of sp³-hybridized carbons (Fsp3) is 0. The topological polar surface area (TPSA) is 29.1 Å². The van der Waals surface area contributed by atoms with Crippen LogP contribution in [0, 0.1) is 11.8 Å². The van der Waals surface area contributed by atoms with Gasteiger partial charge in [-0.15, -0.1) is 0 Å². The quantitative estimate of drug-likeness (QED) is 0.415. The van der Waals surface area contributed by atoms with Crippen LogP contribution in [0.25, 0.3) is 10.8 Å². The average molecular weight is 382 g/mol. The second-order valence-electron chi connectivity index (χ2n) is 6.29. The largest absolute Gasteiger partial charge is 0.321 e. The SMILES string of the molecule is O=C(Nc1cccc2cccc(C#Cc3cccc(Cl)c3)c12)c1ccccc1. The smallest absolute Gasteiger partial charge is 0.255 e. The van der Waals surface area contributed by atoms with Gasteiger partial charge in [0.15, 0.2) is 0 Å². The molecule has 0 unspecified atom stereocenters. The molecule has 134 valence electrons. The summed E-state index contributed by atoms with van der Waals surface area (Å²) < 4.78 is 0. The number of fused-ring (bicyclic) bond motifs is 1. The van der Waals surface area contributed by atoms with Crippen molar-refractivity contribution in [3.8, 4) is 11.8 Å². The van der Waals surface area contributed by atoms with Gasteiger partial charge in [-0.25, -0.2) is 0 Å². The molecule has 28 heavy (non-hydrogen) atoms. The Morgan fingerprint density at radius 3 is 2.32 bits per heavy atom. The lowest BCUT2D eigenvalue weighted by atomic mass is 10.0. The highest BCUT2D eigenvalue weighted by atomic mass is 35.5. The molecular formula is C25H16ClNO. The van der Waals surface area contributed by atoms with Crippen LogP contribution in [0.4, 0.5) is 5.69 Å². The molecule has 0 bridgehead atoms. The molecule has 0 aliphatic heterocycles. The van der Waals surface area contributed by atoms with Crippen molar-refractivity contribution in [2.24, 2.45) is 0 Å². The van der Waals surface area contributed by atoms with Crippen molar-refractivity contribution in [1.29, 1.82) is 0 Å². The summed E-state index contributed by atoms with van der Waals surface area (Å²) in [7, 11) is 0. The van der Waals surface area contributed by atoms with E-state index in [-0.39, 0.29) is 5.91 Å². The van der Waals surface area contributed by atoms with E-state index in [1.807, 2.05) is 78.9 Å². The molecule has 0 saturated heterocycles. The molecule has 3 heteroatoms. The van der Waals surface area contributed by atoms with Crippen LogP contribution >= 0.6 is 11.6 Å². The molecule has 0 radical (unpaired) electrons. The molecule has 0 fully saturated rings. The summed E-state index contributed by atoms with van der Waals surface area (Å²) in [4.78, 5) is 12.6. The molecule has 0 aliphatic rings. The Bertz CT molecular complexity index is 1210. The molecule has 4 rings (SSSR count). The molecule has 1 N–H and O–H groups in total. The first-order valence-electron chi connectivity index (χ1n) is 8.86.